The molecule has 0 atom stereocenters. The highest BCUT2D eigenvalue weighted by Crippen LogP contribution is 2.11. The summed E-state index contributed by atoms with van der Waals surface area (Å²) in [5.74, 6) is 0.0885. The predicted molar refractivity (Wildman–Crippen MR) is 62.2 cm³/mol. The molecule has 0 aliphatic carbocycles. The lowest BCUT2D eigenvalue weighted by molar-refractivity contribution is -0.142. The zero-order chi connectivity index (χ0) is 11.3. The fraction of sp³-hybridized carbons (Fsp3) is 0.200. The molecule has 0 aromatic heterocycles. The lowest BCUT2D eigenvalue weighted by Crippen LogP contribution is -2.13. The van der Waals surface area contributed by atoms with E-state index in [1.54, 1.807) is 24.3 Å². The Labute approximate surface area is 99.5 Å². The molecule has 1 aromatic rings. The first-order chi connectivity index (χ1) is 7.13. The molecule has 0 unspecified atom stereocenters. The Morgan fingerprint density at radius 1 is 1.38 bits per heavy atom. The van der Waals surface area contributed by atoms with Gasteiger partial charge in [-0.3, -0.25) is 5.41 Å². The molecular weight excluding hydrogens is 232 g/mol. The number of halogens is 1. The summed E-state index contributed by atoms with van der Waals surface area (Å²) in [6, 6.07) is 6.57. The van der Waals surface area contributed by atoms with Gasteiger partial charge in [-0.15, -0.1) is 12.4 Å². The van der Waals surface area contributed by atoms with Gasteiger partial charge in [0.2, 0.25) is 0 Å². The molecule has 5 nitrogen and oxygen atoms in total. The van der Waals surface area contributed by atoms with E-state index in [-0.39, 0.29) is 24.8 Å². The van der Waals surface area contributed by atoms with Crippen LogP contribution in [0.25, 0.3) is 0 Å². The average Bonchev–Trinajstić information content (AvgIpc) is 2.26. The van der Waals surface area contributed by atoms with E-state index in [9.17, 15) is 4.79 Å². The number of hydrogen-bond acceptors (Lipinski definition) is 4. The van der Waals surface area contributed by atoms with Gasteiger partial charge in [-0.1, -0.05) is 0 Å². The molecule has 88 valence electrons. The quantitative estimate of drug-likeness (QED) is 0.469. The van der Waals surface area contributed by atoms with E-state index in [1.807, 2.05) is 0 Å². The molecule has 0 amide bonds. The highest BCUT2D eigenvalue weighted by molar-refractivity contribution is 5.94. The number of carbonyl (C=O) groups excluding carboxylic acids is 1. The number of amidine groups is 1. The third-order valence-electron chi connectivity index (χ3n) is 1.75. The van der Waals surface area contributed by atoms with E-state index in [2.05, 4.69) is 4.74 Å². The lowest BCUT2D eigenvalue weighted by atomic mass is 10.2. The third kappa shape index (κ3) is 4.18. The van der Waals surface area contributed by atoms with Gasteiger partial charge >= 0.3 is 5.97 Å². The Kier molecular flexibility index (Phi) is 5.95. The monoisotopic (exact) mass is 244 g/mol. The van der Waals surface area contributed by atoms with Gasteiger partial charge in [0.15, 0.2) is 6.61 Å². The second kappa shape index (κ2) is 6.68. The van der Waals surface area contributed by atoms with Gasteiger partial charge in [0.05, 0.1) is 7.11 Å². The summed E-state index contributed by atoms with van der Waals surface area (Å²) >= 11 is 0. The molecular formula is C10H13ClN2O3. The van der Waals surface area contributed by atoms with Crippen molar-refractivity contribution in [1.29, 1.82) is 5.41 Å². The summed E-state index contributed by atoms with van der Waals surface area (Å²) in [5.41, 5.74) is 5.89. The van der Waals surface area contributed by atoms with Crippen molar-refractivity contribution >= 4 is 24.2 Å². The van der Waals surface area contributed by atoms with Crippen molar-refractivity contribution in [3.8, 4) is 5.75 Å². The Hall–Kier alpha value is -1.75. The molecule has 0 saturated carbocycles. The van der Waals surface area contributed by atoms with Gasteiger partial charge in [0.25, 0.3) is 0 Å². The number of nitrogens with one attached hydrogen (secondary N) is 1. The van der Waals surface area contributed by atoms with Crippen LogP contribution in [0.15, 0.2) is 24.3 Å². The van der Waals surface area contributed by atoms with Crippen LogP contribution in [-0.4, -0.2) is 25.5 Å². The van der Waals surface area contributed by atoms with Crippen LogP contribution in [0.2, 0.25) is 0 Å². The summed E-state index contributed by atoms with van der Waals surface area (Å²) < 4.78 is 9.52. The van der Waals surface area contributed by atoms with Crippen LogP contribution in [0.3, 0.4) is 0 Å². The van der Waals surface area contributed by atoms with Gasteiger partial charge in [-0.25, -0.2) is 4.79 Å². The van der Waals surface area contributed by atoms with Crippen LogP contribution >= 0.6 is 12.4 Å². The van der Waals surface area contributed by atoms with E-state index >= 15 is 0 Å². The number of rotatable bonds is 4. The van der Waals surface area contributed by atoms with Gasteiger partial charge in [0.1, 0.15) is 11.6 Å². The summed E-state index contributed by atoms with van der Waals surface area (Å²) in [6.07, 6.45) is 0. The SMILES string of the molecule is COC(=O)COc1ccc(C(=N)N)cc1.Cl. The fourth-order valence-corrected chi connectivity index (χ4v) is 0.932. The maximum atomic E-state index is 10.8. The maximum Gasteiger partial charge on any atom is 0.343 e. The average molecular weight is 245 g/mol. The van der Waals surface area contributed by atoms with Crippen molar-refractivity contribution in [3.63, 3.8) is 0 Å². The number of methoxy groups -OCH3 is 1. The van der Waals surface area contributed by atoms with Crippen LogP contribution in [0.1, 0.15) is 5.56 Å². The molecule has 0 fully saturated rings. The number of ether oxygens (including phenoxy) is 2. The molecule has 0 radical (unpaired) electrons. The fourth-order valence-electron chi connectivity index (χ4n) is 0.932. The van der Waals surface area contributed by atoms with Crippen molar-refractivity contribution in [1.82, 2.24) is 0 Å². The third-order valence-corrected chi connectivity index (χ3v) is 1.75. The Morgan fingerprint density at radius 2 is 1.94 bits per heavy atom. The van der Waals surface area contributed by atoms with Crippen molar-refractivity contribution < 1.29 is 14.3 Å². The van der Waals surface area contributed by atoms with Crippen molar-refractivity contribution in [3.05, 3.63) is 29.8 Å². The molecule has 0 aliphatic heterocycles. The molecule has 1 rings (SSSR count). The molecule has 0 heterocycles. The minimum absolute atomic E-state index is 0. The van der Waals surface area contributed by atoms with Crippen LogP contribution in [0.5, 0.6) is 5.75 Å². The molecule has 0 aliphatic rings. The number of hydrogen-bond donors (Lipinski definition) is 2. The second-order valence-corrected chi connectivity index (χ2v) is 2.80. The normalized spacial score (nSPS) is 8.81. The van der Waals surface area contributed by atoms with Crippen LogP contribution < -0.4 is 10.5 Å². The van der Waals surface area contributed by atoms with E-state index < -0.39 is 5.97 Å². The predicted octanol–water partition coefficient (Wildman–Crippen LogP) is 0.944. The largest absolute Gasteiger partial charge is 0.482 e. The molecule has 0 spiro atoms. The highest BCUT2D eigenvalue weighted by atomic mass is 35.5. The summed E-state index contributed by atoms with van der Waals surface area (Å²) in [4.78, 5) is 10.8. The first-order valence-electron chi connectivity index (χ1n) is 4.27. The number of benzene rings is 1. The minimum atomic E-state index is -0.439. The first-order valence-corrected chi connectivity index (χ1v) is 4.27. The minimum Gasteiger partial charge on any atom is -0.482 e. The first kappa shape index (κ1) is 14.2. The Morgan fingerprint density at radius 3 is 2.38 bits per heavy atom. The maximum absolute atomic E-state index is 10.8. The lowest BCUT2D eigenvalue weighted by Gasteiger charge is -2.05. The van der Waals surface area contributed by atoms with E-state index in [0.29, 0.717) is 11.3 Å². The van der Waals surface area contributed by atoms with E-state index in [4.69, 9.17) is 15.9 Å². The van der Waals surface area contributed by atoms with Crippen LogP contribution in [-0.2, 0) is 9.53 Å². The van der Waals surface area contributed by atoms with Crippen LogP contribution in [0, 0.1) is 5.41 Å². The summed E-state index contributed by atoms with van der Waals surface area (Å²) in [5, 5.41) is 7.17. The van der Waals surface area contributed by atoms with Crippen molar-refractivity contribution in [2.24, 2.45) is 5.73 Å². The molecule has 0 bridgehead atoms. The molecule has 1 aromatic carbocycles. The smallest absolute Gasteiger partial charge is 0.343 e. The van der Waals surface area contributed by atoms with E-state index in [1.165, 1.54) is 7.11 Å². The zero-order valence-corrected chi connectivity index (χ0v) is 9.54. The van der Waals surface area contributed by atoms with Gasteiger partial charge in [-0.05, 0) is 24.3 Å². The Balaban J connectivity index is 0.00000225. The second-order valence-electron chi connectivity index (χ2n) is 2.80. The molecule has 6 heteroatoms. The standard InChI is InChI=1S/C10H12N2O3.ClH/c1-14-9(13)6-15-8-4-2-7(3-5-8)10(11)12;/h2-5H,6H2,1H3,(H3,11,12);1H. The van der Waals surface area contributed by atoms with Crippen LogP contribution in [0.4, 0.5) is 0 Å². The Bertz CT molecular complexity index is 365. The summed E-state index contributed by atoms with van der Waals surface area (Å²) in [6.45, 7) is -0.129. The number of nitrogen functional groups attached to an aromatic ring is 1. The molecule has 0 saturated heterocycles. The number of carbonyl (C=O) groups is 1. The molecule has 3 N–H and O–H groups in total. The topological polar surface area (TPSA) is 85.4 Å². The van der Waals surface area contributed by atoms with Gasteiger partial charge in [0, 0.05) is 5.56 Å². The van der Waals surface area contributed by atoms with Gasteiger partial charge < -0.3 is 15.2 Å². The van der Waals surface area contributed by atoms with Crippen molar-refractivity contribution in [2.45, 2.75) is 0 Å². The number of esters is 1. The summed E-state index contributed by atoms with van der Waals surface area (Å²) in [7, 11) is 1.30. The number of nitrogens with two attached hydrogens (primary N) is 1. The van der Waals surface area contributed by atoms with Gasteiger partial charge in [-0.2, -0.15) is 0 Å². The molecule has 16 heavy (non-hydrogen) atoms. The zero-order valence-electron chi connectivity index (χ0n) is 8.73. The highest BCUT2D eigenvalue weighted by Gasteiger charge is 2.02. The van der Waals surface area contributed by atoms with E-state index in [0.717, 1.165) is 0 Å². The van der Waals surface area contributed by atoms with Crippen molar-refractivity contribution in [2.75, 3.05) is 13.7 Å².